The summed E-state index contributed by atoms with van der Waals surface area (Å²) in [5.74, 6) is -0.767. The molecule has 2 aromatic heterocycles. The van der Waals surface area contributed by atoms with Gasteiger partial charge >= 0.3 is 0 Å². The Labute approximate surface area is 113 Å². The lowest BCUT2D eigenvalue weighted by atomic mass is 9.89. The second kappa shape index (κ2) is 3.96. The standard InChI is InChI=1S/C15H12N2O3/c18-13-4-1-8(15(19)17-13)10-7-20-12-3-2-11-9(14(10)12)5-6-16-11/h2-3,5-8,16H,1,4H2,(H,17,18,19). The number of amides is 2. The molecular formula is C15H12N2O3. The van der Waals surface area contributed by atoms with Gasteiger partial charge in [-0.1, -0.05) is 0 Å². The lowest BCUT2D eigenvalue weighted by Gasteiger charge is -2.20. The van der Waals surface area contributed by atoms with Gasteiger partial charge in [0.05, 0.1) is 12.2 Å². The summed E-state index contributed by atoms with van der Waals surface area (Å²) in [6, 6.07) is 5.82. The molecule has 3 heterocycles. The molecule has 100 valence electrons. The minimum absolute atomic E-state index is 0.203. The average Bonchev–Trinajstić information content (AvgIpc) is 3.03. The Bertz CT molecular complexity index is 843. The van der Waals surface area contributed by atoms with Crippen LogP contribution in [0.4, 0.5) is 0 Å². The Morgan fingerprint density at radius 1 is 1.20 bits per heavy atom. The first-order chi connectivity index (χ1) is 9.74. The van der Waals surface area contributed by atoms with E-state index in [1.165, 1.54) is 0 Å². The molecule has 0 radical (unpaired) electrons. The molecule has 1 aliphatic rings. The number of aromatic amines is 1. The fourth-order valence-electron chi connectivity index (χ4n) is 2.94. The van der Waals surface area contributed by atoms with Gasteiger partial charge in [0.25, 0.3) is 0 Å². The zero-order valence-corrected chi connectivity index (χ0v) is 10.6. The highest BCUT2D eigenvalue weighted by molar-refractivity contribution is 6.09. The lowest BCUT2D eigenvalue weighted by molar-refractivity contribution is -0.134. The van der Waals surface area contributed by atoms with Crippen molar-refractivity contribution in [2.45, 2.75) is 18.8 Å². The molecule has 1 saturated heterocycles. The van der Waals surface area contributed by atoms with E-state index in [-0.39, 0.29) is 17.7 Å². The minimum Gasteiger partial charge on any atom is -0.464 e. The number of hydrogen-bond donors (Lipinski definition) is 2. The monoisotopic (exact) mass is 268 g/mol. The first kappa shape index (κ1) is 11.3. The van der Waals surface area contributed by atoms with Crippen molar-refractivity contribution in [1.29, 1.82) is 0 Å². The van der Waals surface area contributed by atoms with Gasteiger partial charge in [0.2, 0.25) is 11.8 Å². The van der Waals surface area contributed by atoms with Crippen LogP contribution in [0.1, 0.15) is 24.3 Å². The van der Waals surface area contributed by atoms with Crippen LogP contribution in [-0.2, 0) is 9.59 Å². The van der Waals surface area contributed by atoms with Gasteiger partial charge in [0, 0.05) is 34.5 Å². The van der Waals surface area contributed by atoms with E-state index in [1.54, 1.807) is 6.26 Å². The van der Waals surface area contributed by atoms with Crippen molar-refractivity contribution >= 4 is 33.7 Å². The van der Waals surface area contributed by atoms with Gasteiger partial charge in [0.15, 0.2) is 0 Å². The summed E-state index contributed by atoms with van der Waals surface area (Å²) in [7, 11) is 0. The van der Waals surface area contributed by atoms with E-state index >= 15 is 0 Å². The molecule has 2 amide bonds. The van der Waals surface area contributed by atoms with Crippen LogP contribution >= 0.6 is 0 Å². The van der Waals surface area contributed by atoms with E-state index in [9.17, 15) is 9.59 Å². The molecule has 20 heavy (non-hydrogen) atoms. The molecule has 0 spiro atoms. The number of piperidine rings is 1. The number of aromatic nitrogens is 1. The number of furan rings is 1. The topological polar surface area (TPSA) is 75.1 Å². The maximum Gasteiger partial charge on any atom is 0.234 e. The third-order valence-corrected chi connectivity index (χ3v) is 3.91. The largest absolute Gasteiger partial charge is 0.464 e. The molecule has 5 nitrogen and oxygen atoms in total. The number of carbonyl (C=O) groups is 2. The molecule has 1 aromatic carbocycles. The van der Waals surface area contributed by atoms with Gasteiger partial charge in [-0.25, -0.2) is 0 Å². The highest BCUT2D eigenvalue weighted by Crippen LogP contribution is 2.36. The predicted octanol–water partition coefficient (Wildman–Crippen LogP) is 2.43. The first-order valence-electron chi connectivity index (χ1n) is 6.55. The van der Waals surface area contributed by atoms with Gasteiger partial charge in [-0.3, -0.25) is 14.9 Å². The van der Waals surface area contributed by atoms with Crippen LogP contribution < -0.4 is 5.32 Å². The average molecular weight is 268 g/mol. The van der Waals surface area contributed by atoms with Crippen molar-refractivity contribution in [3.63, 3.8) is 0 Å². The highest BCUT2D eigenvalue weighted by atomic mass is 16.3. The Kier molecular flexibility index (Phi) is 2.24. The number of imide groups is 1. The number of carbonyl (C=O) groups excluding carboxylic acids is 2. The van der Waals surface area contributed by atoms with Crippen LogP contribution in [0.2, 0.25) is 0 Å². The summed E-state index contributed by atoms with van der Waals surface area (Å²) in [5, 5.41) is 4.39. The van der Waals surface area contributed by atoms with Crippen molar-refractivity contribution < 1.29 is 14.0 Å². The third kappa shape index (κ3) is 1.49. The van der Waals surface area contributed by atoms with E-state index in [0.29, 0.717) is 12.8 Å². The summed E-state index contributed by atoms with van der Waals surface area (Å²) >= 11 is 0. The third-order valence-electron chi connectivity index (χ3n) is 3.91. The fourth-order valence-corrected chi connectivity index (χ4v) is 2.94. The maximum atomic E-state index is 12.0. The maximum absolute atomic E-state index is 12.0. The van der Waals surface area contributed by atoms with Gasteiger partial charge < -0.3 is 9.40 Å². The molecule has 3 aromatic rings. The number of H-pyrrole nitrogens is 1. The summed E-state index contributed by atoms with van der Waals surface area (Å²) < 4.78 is 5.58. The Balaban J connectivity index is 1.93. The number of benzene rings is 1. The summed E-state index contributed by atoms with van der Waals surface area (Å²) in [6.45, 7) is 0. The van der Waals surface area contributed by atoms with Crippen molar-refractivity contribution in [2.24, 2.45) is 0 Å². The Morgan fingerprint density at radius 3 is 2.95 bits per heavy atom. The number of hydrogen-bond acceptors (Lipinski definition) is 3. The molecule has 4 rings (SSSR count). The van der Waals surface area contributed by atoms with Crippen LogP contribution in [0.25, 0.3) is 21.9 Å². The predicted molar refractivity (Wildman–Crippen MR) is 73.2 cm³/mol. The van der Waals surface area contributed by atoms with Gasteiger partial charge in [0.1, 0.15) is 5.58 Å². The van der Waals surface area contributed by atoms with E-state index in [4.69, 9.17) is 4.42 Å². The zero-order chi connectivity index (χ0) is 13.7. The minimum atomic E-state index is -0.325. The zero-order valence-electron chi connectivity index (χ0n) is 10.6. The lowest BCUT2D eigenvalue weighted by Crippen LogP contribution is -2.39. The van der Waals surface area contributed by atoms with Crippen LogP contribution in [-0.4, -0.2) is 16.8 Å². The van der Waals surface area contributed by atoms with E-state index in [2.05, 4.69) is 10.3 Å². The van der Waals surface area contributed by atoms with Crippen LogP contribution in [0, 0.1) is 0 Å². The van der Waals surface area contributed by atoms with E-state index in [0.717, 1.165) is 27.4 Å². The number of nitrogens with one attached hydrogen (secondary N) is 2. The quantitative estimate of drug-likeness (QED) is 0.665. The molecule has 1 aliphatic heterocycles. The molecular weight excluding hydrogens is 256 g/mol. The highest BCUT2D eigenvalue weighted by Gasteiger charge is 2.30. The van der Waals surface area contributed by atoms with Crippen molar-refractivity contribution in [2.75, 3.05) is 0 Å². The van der Waals surface area contributed by atoms with Crippen molar-refractivity contribution in [1.82, 2.24) is 10.3 Å². The van der Waals surface area contributed by atoms with Crippen LogP contribution in [0.5, 0.6) is 0 Å². The SMILES string of the molecule is O=C1CCC(c2coc3ccc4[nH]ccc4c23)C(=O)N1. The molecule has 0 bridgehead atoms. The van der Waals surface area contributed by atoms with Crippen LogP contribution in [0.15, 0.2) is 35.1 Å². The second-order valence-electron chi connectivity index (χ2n) is 5.07. The second-order valence-corrected chi connectivity index (χ2v) is 5.07. The molecule has 1 fully saturated rings. The summed E-state index contributed by atoms with van der Waals surface area (Å²) in [6.07, 6.45) is 4.40. The molecule has 1 atom stereocenters. The Hall–Kier alpha value is -2.56. The van der Waals surface area contributed by atoms with Crippen molar-refractivity contribution in [3.05, 3.63) is 36.2 Å². The summed E-state index contributed by atoms with van der Waals surface area (Å²) in [4.78, 5) is 26.5. The molecule has 0 aliphatic carbocycles. The fraction of sp³-hybridized carbons (Fsp3) is 0.200. The number of fused-ring (bicyclic) bond motifs is 3. The number of rotatable bonds is 1. The molecule has 5 heteroatoms. The first-order valence-corrected chi connectivity index (χ1v) is 6.55. The Morgan fingerprint density at radius 2 is 2.10 bits per heavy atom. The smallest absolute Gasteiger partial charge is 0.234 e. The molecule has 0 saturated carbocycles. The van der Waals surface area contributed by atoms with Crippen LogP contribution in [0.3, 0.4) is 0 Å². The van der Waals surface area contributed by atoms with Gasteiger partial charge in [-0.15, -0.1) is 0 Å². The summed E-state index contributed by atoms with van der Waals surface area (Å²) in [5.41, 5.74) is 2.62. The van der Waals surface area contributed by atoms with Crippen molar-refractivity contribution in [3.8, 4) is 0 Å². The normalized spacial score (nSPS) is 19.7. The molecule has 2 N–H and O–H groups in total. The van der Waals surface area contributed by atoms with E-state index in [1.807, 2.05) is 24.4 Å². The van der Waals surface area contributed by atoms with E-state index < -0.39 is 0 Å². The molecule has 1 unspecified atom stereocenters. The van der Waals surface area contributed by atoms with Gasteiger partial charge in [-0.05, 0) is 24.6 Å². The van der Waals surface area contributed by atoms with Gasteiger partial charge in [-0.2, -0.15) is 0 Å².